The van der Waals surface area contributed by atoms with Gasteiger partial charge in [-0.3, -0.25) is 8.80 Å². The van der Waals surface area contributed by atoms with Crippen LogP contribution in [0.3, 0.4) is 0 Å². The van der Waals surface area contributed by atoms with E-state index in [9.17, 15) is 0 Å². The lowest BCUT2D eigenvalue weighted by molar-refractivity contribution is 1.26. The highest BCUT2D eigenvalue weighted by molar-refractivity contribution is 6.24. The zero-order chi connectivity index (χ0) is 29.5. The minimum absolute atomic E-state index is 1.12. The van der Waals surface area contributed by atoms with Crippen molar-refractivity contribution < 1.29 is 0 Å². The lowest BCUT2D eigenvalue weighted by Gasteiger charge is -2.26. The summed E-state index contributed by atoms with van der Waals surface area (Å²) >= 11 is 0. The topological polar surface area (TPSA) is 12.1 Å². The second kappa shape index (κ2) is 9.22. The van der Waals surface area contributed by atoms with Crippen molar-refractivity contribution in [1.29, 1.82) is 0 Å². The fraction of sp³-hybridized carbons (Fsp3) is 0. The Balaban J connectivity index is 1.26. The maximum absolute atomic E-state index is 2.48. The van der Waals surface area contributed by atoms with Gasteiger partial charge in [-0.25, -0.2) is 0 Å². The molecule has 3 nitrogen and oxygen atoms in total. The number of fused-ring (bicyclic) bond motifs is 10. The quantitative estimate of drug-likeness (QED) is 0.204. The van der Waals surface area contributed by atoms with Crippen molar-refractivity contribution in [2.24, 2.45) is 0 Å². The average Bonchev–Trinajstić information content (AvgIpc) is 3.74. The maximum atomic E-state index is 2.48. The molecule has 0 atom stereocenters. The van der Waals surface area contributed by atoms with Gasteiger partial charge in [0, 0.05) is 27.5 Å². The number of hydrogen-bond acceptors (Lipinski definition) is 1. The van der Waals surface area contributed by atoms with Gasteiger partial charge < -0.3 is 4.90 Å². The van der Waals surface area contributed by atoms with Crippen molar-refractivity contribution in [1.82, 2.24) is 8.80 Å². The van der Waals surface area contributed by atoms with E-state index in [-0.39, 0.29) is 0 Å². The Morgan fingerprint density at radius 3 is 1.76 bits per heavy atom. The van der Waals surface area contributed by atoms with Crippen LogP contribution in [0, 0.1) is 0 Å². The average molecular weight is 574 g/mol. The highest BCUT2D eigenvalue weighted by Gasteiger charge is 2.26. The third-order valence-electron chi connectivity index (χ3n) is 9.42. The Hall–Kier alpha value is -6.06. The Kier molecular flexibility index (Phi) is 5.00. The van der Waals surface area contributed by atoms with Gasteiger partial charge in [-0.15, -0.1) is 0 Å². The Morgan fingerprint density at radius 1 is 0.400 bits per heavy atom. The molecule has 0 saturated carbocycles. The molecule has 0 amide bonds. The first-order valence-corrected chi connectivity index (χ1v) is 15.5. The Bertz CT molecular complexity index is 2680. The maximum Gasteiger partial charge on any atom is 0.131 e. The van der Waals surface area contributed by atoms with Crippen molar-refractivity contribution in [3.05, 3.63) is 164 Å². The van der Waals surface area contributed by atoms with Crippen LogP contribution in [0.15, 0.2) is 164 Å². The van der Waals surface area contributed by atoms with Gasteiger partial charge in [-0.1, -0.05) is 115 Å². The number of aromatic nitrogens is 2. The van der Waals surface area contributed by atoms with Gasteiger partial charge in [0.25, 0.3) is 0 Å². The summed E-state index contributed by atoms with van der Waals surface area (Å²) in [7, 11) is 0. The molecule has 0 unspecified atom stereocenters. The summed E-state index contributed by atoms with van der Waals surface area (Å²) < 4.78 is 4.94. The van der Waals surface area contributed by atoms with Crippen LogP contribution in [-0.4, -0.2) is 8.80 Å². The first kappa shape index (κ1) is 24.4. The smallest absolute Gasteiger partial charge is 0.131 e. The molecule has 0 aliphatic rings. The first-order chi connectivity index (χ1) is 22.4. The van der Waals surface area contributed by atoms with Crippen LogP contribution in [0.1, 0.15) is 0 Å². The van der Waals surface area contributed by atoms with Crippen LogP contribution >= 0.6 is 0 Å². The summed E-state index contributed by atoms with van der Waals surface area (Å²) in [5.41, 5.74) is 12.0. The van der Waals surface area contributed by atoms with E-state index < -0.39 is 0 Å². The fourth-order valence-corrected chi connectivity index (χ4v) is 7.55. The van der Waals surface area contributed by atoms with Crippen LogP contribution in [0.5, 0.6) is 0 Å². The molecule has 0 aliphatic carbocycles. The van der Waals surface area contributed by atoms with Gasteiger partial charge in [0.15, 0.2) is 0 Å². The van der Waals surface area contributed by atoms with Crippen LogP contribution in [0.25, 0.3) is 65.8 Å². The second-order valence-corrected chi connectivity index (χ2v) is 11.8. The SMILES string of the molecule is c1ccc(N(c2ccc(-c3cccc4ccccc34)cc2)c2cccc3c2n2c4ccccc4c4c5ccccc5n3c42)cc1. The standard InChI is InChI=1S/C42H27N3/c1-2-14-30(15-3-1)43(31-26-24-29(25-27-31)33-19-10-13-28-12-4-5-16-32(28)33)38-22-11-23-39-41(38)45-37-21-9-7-18-35(37)40-34-17-6-8-20-36(34)44(39)42(40)45/h1-27H. The van der Waals surface area contributed by atoms with Gasteiger partial charge in [0.05, 0.1) is 27.8 Å². The number of nitrogens with zero attached hydrogens (tertiary/aromatic N) is 3. The number of rotatable bonds is 4. The van der Waals surface area contributed by atoms with Gasteiger partial charge >= 0.3 is 0 Å². The molecule has 10 aromatic rings. The summed E-state index contributed by atoms with van der Waals surface area (Å²) in [4.78, 5) is 2.40. The predicted molar refractivity (Wildman–Crippen MR) is 190 cm³/mol. The molecular weight excluding hydrogens is 546 g/mol. The molecular formula is C42H27N3. The summed E-state index contributed by atoms with van der Waals surface area (Å²) in [6, 6.07) is 59.3. The minimum Gasteiger partial charge on any atom is -0.308 e. The van der Waals surface area contributed by atoms with E-state index in [0.717, 1.165) is 17.1 Å². The van der Waals surface area contributed by atoms with E-state index in [1.54, 1.807) is 0 Å². The first-order valence-electron chi connectivity index (χ1n) is 15.5. The number of anilines is 3. The zero-order valence-corrected chi connectivity index (χ0v) is 24.4. The summed E-state index contributed by atoms with van der Waals surface area (Å²) in [5.74, 6) is 0. The Labute approximate surface area is 259 Å². The van der Waals surface area contributed by atoms with E-state index in [1.807, 2.05) is 0 Å². The Morgan fingerprint density at radius 2 is 0.978 bits per heavy atom. The number of hydrogen-bond donors (Lipinski definition) is 0. The highest BCUT2D eigenvalue weighted by atomic mass is 15.2. The molecule has 10 rings (SSSR count). The molecule has 3 heterocycles. The van der Waals surface area contributed by atoms with Gasteiger partial charge in [-0.05, 0) is 70.4 Å². The number of benzene rings is 7. The minimum atomic E-state index is 1.12. The van der Waals surface area contributed by atoms with Crippen molar-refractivity contribution in [3.63, 3.8) is 0 Å². The van der Waals surface area contributed by atoms with Crippen molar-refractivity contribution in [2.75, 3.05) is 4.90 Å². The van der Waals surface area contributed by atoms with Crippen LogP contribution in [0.2, 0.25) is 0 Å². The highest BCUT2D eigenvalue weighted by Crippen LogP contribution is 2.46. The molecule has 0 fully saturated rings. The van der Waals surface area contributed by atoms with Gasteiger partial charge in [0.2, 0.25) is 0 Å². The summed E-state index contributed by atoms with van der Waals surface area (Å²) in [6.07, 6.45) is 0. The molecule has 0 spiro atoms. The monoisotopic (exact) mass is 573 g/mol. The third-order valence-corrected chi connectivity index (χ3v) is 9.42. The van der Waals surface area contributed by atoms with Crippen LogP contribution in [0.4, 0.5) is 17.1 Å². The number of imidazole rings is 1. The molecule has 210 valence electrons. The van der Waals surface area contributed by atoms with E-state index in [2.05, 4.69) is 177 Å². The normalized spacial score (nSPS) is 12.0. The molecule has 0 N–H and O–H groups in total. The van der Waals surface area contributed by atoms with Crippen molar-refractivity contribution >= 4 is 71.7 Å². The van der Waals surface area contributed by atoms with Crippen LogP contribution < -0.4 is 4.90 Å². The molecule has 45 heavy (non-hydrogen) atoms. The van der Waals surface area contributed by atoms with Crippen molar-refractivity contribution in [2.45, 2.75) is 0 Å². The lowest BCUT2D eigenvalue weighted by Crippen LogP contribution is -2.10. The number of para-hydroxylation sites is 4. The zero-order valence-electron chi connectivity index (χ0n) is 24.4. The van der Waals surface area contributed by atoms with Gasteiger partial charge in [0.1, 0.15) is 5.65 Å². The second-order valence-electron chi connectivity index (χ2n) is 11.8. The molecule has 7 aromatic carbocycles. The lowest BCUT2D eigenvalue weighted by atomic mass is 9.98. The largest absolute Gasteiger partial charge is 0.308 e. The van der Waals surface area contributed by atoms with Crippen molar-refractivity contribution in [3.8, 4) is 11.1 Å². The summed E-state index contributed by atoms with van der Waals surface area (Å²) in [5, 5.41) is 6.42. The van der Waals surface area contributed by atoms with E-state index in [0.29, 0.717) is 0 Å². The fourth-order valence-electron chi connectivity index (χ4n) is 7.55. The molecule has 3 heteroatoms. The predicted octanol–water partition coefficient (Wildman–Crippen LogP) is 11.4. The molecule has 3 aromatic heterocycles. The van der Waals surface area contributed by atoms with E-state index in [1.165, 1.54) is 65.8 Å². The summed E-state index contributed by atoms with van der Waals surface area (Å²) in [6.45, 7) is 0. The molecule has 0 radical (unpaired) electrons. The van der Waals surface area contributed by atoms with Gasteiger partial charge in [-0.2, -0.15) is 0 Å². The molecule has 0 bridgehead atoms. The van der Waals surface area contributed by atoms with Crippen LogP contribution in [-0.2, 0) is 0 Å². The third kappa shape index (κ3) is 3.35. The molecule has 0 aliphatic heterocycles. The molecule has 0 saturated heterocycles. The van der Waals surface area contributed by atoms with E-state index >= 15 is 0 Å². The van der Waals surface area contributed by atoms with E-state index in [4.69, 9.17) is 0 Å².